The lowest BCUT2D eigenvalue weighted by molar-refractivity contribution is 0.319. The highest BCUT2D eigenvalue weighted by Gasteiger charge is 2.32. The average molecular weight is 427 g/mol. The zero-order chi connectivity index (χ0) is 22.3. The molecule has 0 fully saturated rings. The SMILES string of the molecule is COc1cc(C=c2[nH]c3n(c2=N)C(C)(c2ccccc2)CCN=3)ccc1-n1cnc(C)c1. The van der Waals surface area contributed by atoms with E-state index in [4.69, 9.17) is 10.1 Å². The van der Waals surface area contributed by atoms with Gasteiger partial charge in [0.25, 0.3) is 0 Å². The number of nitrogens with zero attached hydrogens (tertiary/aromatic N) is 4. The number of nitrogens with one attached hydrogen (secondary N) is 2. The predicted molar refractivity (Wildman–Crippen MR) is 123 cm³/mol. The number of fused-ring (bicyclic) bond motifs is 1. The van der Waals surface area contributed by atoms with Gasteiger partial charge in [0.1, 0.15) is 5.75 Å². The standard InChI is InChI=1S/C25H26N6O/c1-17-15-30(16-28-17)21-10-9-18(14-22(21)32-3)13-20-23(26)31-24(29-20)27-12-11-25(31,2)19-7-5-4-6-8-19/h4-10,13-16,26H,11-12H2,1-3H3,(H,27,29). The minimum atomic E-state index is -0.321. The van der Waals surface area contributed by atoms with Crippen LogP contribution < -0.4 is 21.2 Å². The smallest absolute Gasteiger partial charge is 0.205 e. The summed E-state index contributed by atoms with van der Waals surface area (Å²) in [5.41, 5.74) is 4.82. The van der Waals surface area contributed by atoms with Crippen LogP contribution in [0.15, 0.2) is 66.0 Å². The van der Waals surface area contributed by atoms with E-state index in [2.05, 4.69) is 34.0 Å². The van der Waals surface area contributed by atoms with Crippen molar-refractivity contribution in [3.63, 3.8) is 0 Å². The van der Waals surface area contributed by atoms with Gasteiger partial charge in [-0.15, -0.1) is 0 Å². The van der Waals surface area contributed by atoms with Crippen molar-refractivity contribution in [3.05, 3.63) is 94.3 Å². The van der Waals surface area contributed by atoms with Crippen LogP contribution in [0.1, 0.15) is 30.2 Å². The molecule has 162 valence electrons. The van der Waals surface area contributed by atoms with Crippen molar-refractivity contribution in [1.29, 1.82) is 5.41 Å². The van der Waals surface area contributed by atoms with Crippen molar-refractivity contribution in [2.24, 2.45) is 4.99 Å². The second kappa shape index (κ2) is 7.67. The molecule has 7 heteroatoms. The first-order chi connectivity index (χ1) is 15.5. The van der Waals surface area contributed by atoms with Gasteiger partial charge in [-0.25, -0.2) is 4.98 Å². The van der Waals surface area contributed by atoms with Gasteiger partial charge in [-0.3, -0.25) is 15.0 Å². The van der Waals surface area contributed by atoms with Gasteiger partial charge in [0.2, 0.25) is 5.62 Å². The molecule has 0 spiro atoms. The van der Waals surface area contributed by atoms with E-state index in [-0.39, 0.29) is 5.54 Å². The molecule has 0 saturated heterocycles. The van der Waals surface area contributed by atoms with E-state index in [0.717, 1.165) is 46.6 Å². The number of aromatic nitrogens is 4. The molecule has 5 rings (SSSR count). The molecule has 1 atom stereocenters. The highest BCUT2D eigenvalue weighted by Crippen LogP contribution is 2.28. The van der Waals surface area contributed by atoms with Gasteiger partial charge < -0.3 is 14.3 Å². The van der Waals surface area contributed by atoms with Crippen LogP contribution in [-0.2, 0) is 5.54 Å². The second-order valence-corrected chi connectivity index (χ2v) is 8.32. The second-order valence-electron chi connectivity index (χ2n) is 8.32. The summed E-state index contributed by atoms with van der Waals surface area (Å²) in [6.45, 7) is 4.86. The summed E-state index contributed by atoms with van der Waals surface area (Å²) in [4.78, 5) is 12.3. The molecule has 2 aromatic carbocycles. The van der Waals surface area contributed by atoms with Crippen LogP contribution in [0.4, 0.5) is 0 Å². The van der Waals surface area contributed by atoms with Gasteiger partial charge >= 0.3 is 0 Å². The molecule has 0 amide bonds. The highest BCUT2D eigenvalue weighted by atomic mass is 16.5. The number of rotatable bonds is 4. The average Bonchev–Trinajstić information content (AvgIpc) is 3.38. The van der Waals surface area contributed by atoms with Crippen molar-refractivity contribution in [1.82, 2.24) is 19.1 Å². The van der Waals surface area contributed by atoms with Crippen LogP contribution in [0.25, 0.3) is 11.8 Å². The quantitative estimate of drug-likeness (QED) is 0.525. The van der Waals surface area contributed by atoms with Crippen molar-refractivity contribution >= 4 is 6.08 Å². The minimum absolute atomic E-state index is 0.321. The Morgan fingerprint density at radius 2 is 2.00 bits per heavy atom. The van der Waals surface area contributed by atoms with E-state index < -0.39 is 0 Å². The number of methoxy groups -OCH3 is 1. The number of hydrogen-bond acceptors (Lipinski definition) is 4. The Kier molecular flexibility index (Phi) is 4.81. The number of H-pyrrole nitrogens is 1. The molecular formula is C25H26N6O. The normalized spacial score (nSPS) is 18.3. The van der Waals surface area contributed by atoms with Gasteiger partial charge in [-0.2, -0.15) is 0 Å². The van der Waals surface area contributed by atoms with Gasteiger partial charge in [0.05, 0.1) is 35.7 Å². The molecule has 2 aromatic heterocycles. The molecule has 0 saturated carbocycles. The maximum atomic E-state index is 8.93. The first-order valence-electron chi connectivity index (χ1n) is 10.7. The summed E-state index contributed by atoms with van der Waals surface area (Å²) in [6.07, 6.45) is 6.57. The minimum Gasteiger partial charge on any atom is -0.495 e. The van der Waals surface area contributed by atoms with E-state index >= 15 is 0 Å². The summed E-state index contributed by atoms with van der Waals surface area (Å²) in [6, 6.07) is 16.4. The first-order valence-corrected chi connectivity index (χ1v) is 10.7. The zero-order valence-corrected chi connectivity index (χ0v) is 18.5. The molecule has 1 aliphatic heterocycles. The Labute approximate surface area is 185 Å². The van der Waals surface area contributed by atoms with Crippen LogP contribution in [0.3, 0.4) is 0 Å². The zero-order valence-electron chi connectivity index (χ0n) is 18.5. The van der Waals surface area contributed by atoms with E-state index in [1.54, 1.807) is 13.4 Å². The van der Waals surface area contributed by atoms with Crippen molar-refractivity contribution in [3.8, 4) is 11.4 Å². The Morgan fingerprint density at radius 1 is 1.19 bits per heavy atom. The fourth-order valence-electron chi connectivity index (χ4n) is 4.44. The molecule has 3 heterocycles. The topological polar surface area (TPSA) is 84.0 Å². The van der Waals surface area contributed by atoms with Gasteiger partial charge in [-0.1, -0.05) is 36.4 Å². The van der Waals surface area contributed by atoms with E-state index in [1.807, 2.05) is 64.7 Å². The maximum absolute atomic E-state index is 8.93. The summed E-state index contributed by atoms with van der Waals surface area (Å²) in [5.74, 6) is 0.741. The van der Waals surface area contributed by atoms with Crippen LogP contribution in [0.2, 0.25) is 0 Å². The third kappa shape index (κ3) is 3.26. The fraction of sp³-hybridized carbons (Fsp3) is 0.240. The van der Waals surface area contributed by atoms with Gasteiger partial charge in [-0.05, 0) is 49.6 Å². The van der Waals surface area contributed by atoms with Crippen LogP contribution in [0.5, 0.6) is 5.75 Å². The van der Waals surface area contributed by atoms with E-state index in [0.29, 0.717) is 5.49 Å². The molecule has 32 heavy (non-hydrogen) atoms. The maximum Gasteiger partial charge on any atom is 0.205 e. The number of hydrogen-bond donors (Lipinski definition) is 2. The Bertz CT molecular complexity index is 1460. The molecule has 1 aliphatic rings. The lowest BCUT2D eigenvalue weighted by atomic mass is 9.87. The molecule has 0 radical (unpaired) electrons. The Balaban J connectivity index is 1.62. The van der Waals surface area contributed by atoms with E-state index in [1.165, 1.54) is 5.56 Å². The lowest BCUT2D eigenvalue weighted by Gasteiger charge is -2.33. The monoisotopic (exact) mass is 426 g/mol. The number of aryl methyl sites for hydroxylation is 1. The molecule has 0 bridgehead atoms. The molecule has 0 aliphatic carbocycles. The van der Waals surface area contributed by atoms with E-state index in [9.17, 15) is 0 Å². The summed E-state index contributed by atoms with van der Waals surface area (Å²) >= 11 is 0. The molecular weight excluding hydrogens is 400 g/mol. The predicted octanol–water partition coefficient (Wildman–Crippen LogP) is 2.41. The number of benzene rings is 2. The molecule has 4 aromatic rings. The number of aromatic amines is 1. The number of ether oxygens (including phenoxy) is 1. The Hall–Kier alpha value is -3.87. The van der Waals surface area contributed by atoms with Crippen molar-refractivity contribution < 1.29 is 4.74 Å². The highest BCUT2D eigenvalue weighted by molar-refractivity contribution is 5.57. The lowest BCUT2D eigenvalue weighted by Crippen LogP contribution is -2.49. The van der Waals surface area contributed by atoms with Gasteiger partial charge in [0.15, 0.2) is 5.49 Å². The summed E-state index contributed by atoms with van der Waals surface area (Å²) in [7, 11) is 1.66. The largest absolute Gasteiger partial charge is 0.495 e. The first kappa shape index (κ1) is 20.1. The number of imidazole rings is 2. The third-order valence-electron chi connectivity index (χ3n) is 6.19. The van der Waals surface area contributed by atoms with Crippen LogP contribution >= 0.6 is 0 Å². The third-order valence-corrected chi connectivity index (χ3v) is 6.19. The molecule has 2 N–H and O–H groups in total. The summed E-state index contributed by atoms with van der Waals surface area (Å²) in [5, 5.41) is 9.66. The molecule has 1 unspecified atom stereocenters. The Morgan fingerprint density at radius 3 is 2.72 bits per heavy atom. The fourth-order valence-corrected chi connectivity index (χ4v) is 4.44. The van der Waals surface area contributed by atoms with Crippen molar-refractivity contribution in [2.45, 2.75) is 25.8 Å². The molecule has 7 nitrogen and oxygen atoms in total. The van der Waals surface area contributed by atoms with Crippen molar-refractivity contribution in [2.75, 3.05) is 13.7 Å². The van der Waals surface area contributed by atoms with Crippen LogP contribution in [0, 0.1) is 12.3 Å². The van der Waals surface area contributed by atoms with Crippen LogP contribution in [-0.4, -0.2) is 32.8 Å². The van der Waals surface area contributed by atoms with Gasteiger partial charge in [0, 0.05) is 12.7 Å². The summed E-state index contributed by atoms with van der Waals surface area (Å²) < 4.78 is 9.60.